The summed E-state index contributed by atoms with van der Waals surface area (Å²) in [5.41, 5.74) is 3.58. The van der Waals surface area contributed by atoms with Crippen molar-refractivity contribution in [3.63, 3.8) is 0 Å². The molecule has 0 unspecified atom stereocenters. The normalized spacial score (nSPS) is 12.3. The molecule has 2 rings (SSSR count). The Labute approximate surface area is 194 Å². The van der Waals surface area contributed by atoms with E-state index < -0.39 is 6.04 Å². The van der Waals surface area contributed by atoms with Crippen molar-refractivity contribution in [2.24, 2.45) is 0 Å². The van der Waals surface area contributed by atoms with Crippen LogP contribution in [0.4, 0.5) is 0 Å². The van der Waals surface area contributed by atoms with E-state index >= 15 is 0 Å². The fourth-order valence-corrected chi connectivity index (χ4v) is 3.77. The van der Waals surface area contributed by atoms with Crippen LogP contribution in [0.15, 0.2) is 54.6 Å². The lowest BCUT2D eigenvalue weighted by Gasteiger charge is -2.31. The molecule has 1 N–H and O–H groups in total. The minimum atomic E-state index is -0.456. The first-order chi connectivity index (χ1) is 15.3. The highest BCUT2D eigenvalue weighted by Gasteiger charge is 2.28. The molecule has 32 heavy (non-hydrogen) atoms. The number of carbonyl (C=O) groups excluding carboxylic acids is 2. The van der Waals surface area contributed by atoms with E-state index in [9.17, 15) is 9.59 Å². The Hall–Kier alpha value is -2.62. The quantitative estimate of drug-likeness (QED) is 0.463. The summed E-state index contributed by atoms with van der Waals surface area (Å²) in [7, 11) is 0. The molecule has 0 radical (unpaired) electrons. The van der Waals surface area contributed by atoms with Gasteiger partial charge in [0.05, 0.1) is 0 Å². The standard InChI is InChI=1S/C28H40N2O2/c1-6-8-20-29-27(32)25(7-2)30(21-23-12-10-9-11-13-23)26(31)19-16-22-14-17-24(18-15-22)28(3,4)5/h9-15,17-18,25H,6-8,16,19-21H2,1-5H3,(H,29,32)/t25-/m1/s1. The molecule has 0 aromatic heterocycles. The van der Waals surface area contributed by atoms with Crippen molar-refractivity contribution < 1.29 is 9.59 Å². The van der Waals surface area contributed by atoms with Gasteiger partial charge in [-0.25, -0.2) is 0 Å². The molecule has 0 saturated carbocycles. The molecule has 0 saturated heterocycles. The lowest BCUT2D eigenvalue weighted by atomic mass is 9.86. The van der Waals surface area contributed by atoms with Crippen molar-refractivity contribution in [3.8, 4) is 0 Å². The van der Waals surface area contributed by atoms with Crippen LogP contribution in [0.25, 0.3) is 0 Å². The molecule has 0 aliphatic heterocycles. The van der Waals surface area contributed by atoms with Crippen molar-refractivity contribution in [3.05, 3.63) is 71.3 Å². The van der Waals surface area contributed by atoms with Crippen LogP contribution in [0.5, 0.6) is 0 Å². The molecule has 4 heteroatoms. The average molecular weight is 437 g/mol. The van der Waals surface area contributed by atoms with E-state index in [0.29, 0.717) is 32.4 Å². The molecule has 2 aromatic rings. The smallest absolute Gasteiger partial charge is 0.242 e. The number of rotatable bonds is 11. The fraction of sp³-hybridized carbons (Fsp3) is 0.500. The Morgan fingerprint density at radius 3 is 2.16 bits per heavy atom. The van der Waals surface area contributed by atoms with E-state index in [1.807, 2.05) is 37.3 Å². The molecule has 0 heterocycles. The minimum absolute atomic E-state index is 0.0197. The van der Waals surface area contributed by atoms with Crippen LogP contribution in [-0.2, 0) is 28.0 Å². The zero-order chi connectivity index (χ0) is 23.6. The summed E-state index contributed by atoms with van der Waals surface area (Å²) >= 11 is 0. The third kappa shape index (κ3) is 7.81. The van der Waals surface area contributed by atoms with Crippen molar-refractivity contribution >= 4 is 11.8 Å². The first kappa shape index (κ1) is 25.6. The van der Waals surface area contributed by atoms with Gasteiger partial charge in [0.2, 0.25) is 11.8 Å². The molecule has 0 aliphatic carbocycles. The summed E-state index contributed by atoms with van der Waals surface area (Å²) in [5, 5.41) is 3.02. The van der Waals surface area contributed by atoms with Gasteiger partial charge >= 0.3 is 0 Å². The maximum atomic E-state index is 13.3. The second-order valence-electron chi connectivity index (χ2n) is 9.52. The number of carbonyl (C=O) groups is 2. The van der Waals surface area contributed by atoms with E-state index in [-0.39, 0.29) is 17.2 Å². The highest BCUT2D eigenvalue weighted by molar-refractivity contribution is 5.87. The van der Waals surface area contributed by atoms with Crippen LogP contribution < -0.4 is 5.32 Å². The van der Waals surface area contributed by atoms with Crippen molar-refractivity contribution in [2.75, 3.05) is 6.54 Å². The second-order valence-corrected chi connectivity index (χ2v) is 9.52. The lowest BCUT2D eigenvalue weighted by molar-refractivity contribution is -0.141. The second kappa shape index (κ2) is 12.4. The zero-order valence-electron chi connectivity index (χ0n) is 20.5. The van der Waals surface area contributed by atoms with Gasteiger partial charge in [0.25, 0.3) is 0 Å². The number of unbranched alkanes of at least 4 members (excludes halogenated alkanes) is 1. The van der Waals surface area contributed by atoms with Crippen LogP contribution in [0.1, 0.15) is 77.0 Å². The Morgan fingerprint density at radius 2 is 1.59 bits per heavy atom. The SMILES string of the molecule is CCCCNC(=O)[C@@H](CC)N(Cc1ccccc1)C(=O)CCc1ccc(C(C)(C)C)cc1. The predicted octanol–water partition coefficient (Wildman–Crippen LogP) is 5.64. The molecular weight excluding hydrogens is 396 g/mol. The number of aryl methyl sites for hydroxylation is 1. The maximum absolute atomic E-state index is 13.3. The highest BCUT2D eigenvalue weighted by atomic mass is 16.2. The van der Waals surface area contributed by atoms with E-state index in [1.54, 1.807) is 4.90 Å². The van der Waals surface area contributed by atoms with Gasteiger partial charge < -0.3 is 10.2 Å². The number of hydrogen-bond acceptors (Lipinski definition) is 2. The van der Waals surface area contributed by atoms with Gasteiger partial charge in [-0.2, -0.15) is 0 Å². The molecule has 0 fully saturated rings. The largest absolute Gasteiger partial charge is 0.354 e. The van der Waals surface area contributed by atoms with Gasteiger partial charge in [-0.15, -0.1) is 0 Å². The van der Waals surface area contributed by atoms with E-state index in [0.717, 1.165) is 24.0 Å². The first-order valence-corrected chi connectivity index (χ1v) is 12.0. The molecule has 2 aromatic carbocycles. The Morgan fingerprint density at radius 1 is 0.938 bits per heavy atom. The van der Waals surface area contributed by atoms with Crippen molar-refractivity contribution in [2.45, 2.75) is 84.7 Å². The monoisotopic (exact) mass is 436 g/mol. The number of benzene rings is 2. The van der Waals surface area contributed by atoms with Crippen LogP contribution >= 0.6 is 0 Å². The molecule has 174 valence electrons. The minimum Gasteiger partial charge on any atom is -0.354 e. The van der Waals surface area contributed by atoms with E-state index in [4.69, 9.17) is 0 Å². The Kier molecular flexibility index (Phi) is 9.96. The average Bonchev–Trinajstić information content (AvgIpc) is 2.78. The summed E-state index contributed by atoms with van der Waals surface area (Å²) in [5.74, 6) is -0.0361. The lowest BCUT2D eigenvalue weighted by Crippen LogP contribution is -2.49. The van der Waals surface area contributed by atoms with E-state index in [2.05, 4.69) is 57.3 Å². The molecule has 0 spiro atoms. The fourth-order valence-electron chi connectivity index (χ4n) is 3.77. The van der Waals surface area contributed by atoms with E-state index in [1.165, 1.54) is 5.56 Å². The number of nitrogens with zero attached hydrogens (tertiary/aromatic N) is 1. The van der Waals surface area contributed by atoms with Gasteiger partial charge in [-0.3, -0.25) is 9.59 Å². The van der Waals surface area contributed by atoms with Gasteiger partial charge in [0.1, 0.15) is 6.04 Å². The molecular formula is C28H40N2O2. The summed E-state index contributed by atoms with van der Waals surface area (Å²) in [4.78, 5) is 28.0. The Balaban J connectivity index is 2.12. The third-order valence-electron chi connectivity index (χ3n) is 5.86. The van der Waals surface area contributed by atoms with Crippen LogP contribution in [0.2, 0.25) is 0 Å². The number of nitrogens with one attached hydrogen (secondary N) is 1. The van der Waals surface area contributed by atoms with Crippen molar-refractivity contribution in [1.82, 2.24) is 10.2 Å². The van der Waals surface area contributed by atoms with Crippen molar-refractivity contribution in [1.29, 1.82) is 0 Å². The van der Waals surface area contributed by atoms with Gasteiger partial charge in [-0.1, -0.05) is 95.6 Å². The van der Waals surface area contributed by atoms with Gasteiger partial charge in [0, 0.05) is 19.5 Å². The molecule has 4 nitrogen and oxygen atoms in total. The third-order valence-corrected chi connectivity index (χ3v) is 5.86. The Bertz CT molecular complexity index is 838. The van der Waals surface area contributed by atoms with Crippen LogP contribution in [-0.4, -0.2) is 29.3 Å². The first-order valence-electron chi connectivity index (χ1n) is 12.0. The number of amides is 2. The highest BCUT2D eigenvalue weighted by Crippen LogP contribution is 2.23. The van der Waals surface area contributed by atoms with Gasteiger partial charge in [0.15, 0.2) is 0 Å². The van der Waals surface area contributed by atoms with Gasteiger partial charge in [-0.05, 0) is 41.4 Å². The molecule has 0 bridgehead atoms. The zero-order valence-corrected chi connectivity index (χ0v) is 20.5. The van der Waals surface area contributed by atoms with Crippen LogP contribution in [0.3, 0.4) is 0 Å². The summed E-state index contributed by atoms with van der Waals surface area (Å²) in [6.07, 6.45) is 3.62. The molecule has 0 aliphatic rings. The van der Waals surface area contributed by atoms with Crippen LogP contribution in [0, 0.1) is 0 Å². The molecule has 1 atom stereocenters. The predicted molar refractivity (Wildman–Crippen MR) is 132 cm³/mol. The summed E-state index contributed by atoms with van der Waals surface area (Å²) in [6, 6.07) is 18.0. The number of hydrogen-bond donors (Lipinski definition) is 1. The topological polar surface area (TPSA) is 49.4 Å². The molecule has 2 amide bonds. The summed E-state index contributed by atoms with van der Waals surface area (Å²) in [6.45, 7) is 11.8. The summed E-state index contributed by atoms with van der Waals surface area (Å²) < 4.78 is 0. The maximum Gasteiger partial charge on any atom is 0.242 e.